The van der Waals surface area contributed by atoms with Gasteiger partial charge in [0.2, 0.25) is 0 Å². The number of hydrogen-bond acceptors (Lipinski definition) is 5. The molecule has 0 radical (unpaired) electrons. The van der Waals surface area contributed by atoms with Crippen molar-refractivity contribution < 1.29 is 27.6 Å². The molecule has 3 aromatic rings. The van der Waals surface area contributed by atoms with Crippen molar-refractivity contribution in [3.8, 4) is 16.9 Å². The van der Waals surface area contributed by atoms with Gasteiger partial charge in [0.05, 0.1) is 4.92 Å². The first kappa shape index (κ1) is 21.6. The van der Waals surface area contributed by atoms with Gasteiger partial charge in [0.15, 0.2) is 0 Å². The Morgan fingerprint density at radius 1 is 1.09 bits per heavy atom. The average molecular weight is 448 g/mol. The van der Waals surface area contributed by atoms with Crippen molar-refractivity contribution in [2.45, 2.75) is 6.36 Å². The van der Waals surface area contributed by atoms with Crippen molar-refractivity contribution >= 4 is 22.5 Å². The van der Waals surface area contributed by atoms with Crippen LogP contribution in [0.1, 0.15) is 10.5 Å². The molecule has 168 valence electrons. The van der Waals surface area contributed by atoms with Crippen LogP contribution in [0.5, 0.6) is 5.75 Å². The first-order valence-corrected chi connectivity index (χ1v) is 9.76. The second kappa shape index (κ2) is 8.15. The average Bonchev–Trinajstić information content (AvgIpc) is 3.12. The van der Waals surface area contributed by atoms with Crippen molar-refractivity contribution in [2.75, 3.05) is 33.2 Å². The second-order valence-corrected chi connectivity index (χ2v) is 7.53. The topological polar surface area (TPSA) is 91.7 Å². The molecule has 1 aromatic heterocycles. The summed E-state index contributed by atoms with van der Waals surface area (Å²) in [4.78, 5) is 30.9. The molecule has 0 saturated carbocycles. The Hall–Kier alpha value is -3.60. The molecule has 2 heterocycles. The van der Waals surface area contributed by atoms with Gasteiger partial charge < -0.3 is 19.5 Å². The smallest absolute Gasteiger partial charge is 0.406 e. The number of nitrogens with one attached hydrogen (secondary N) is 1. The molecule has 1 fully saturated rings. The number of rotatable bonds is 4. The Kier molecular flexibility index (Phi) is 5.51. The third kappa shape index (κ3) is 4.37. The molecule has 4 rings (SSSR count). The maximum absolute atomic E-state index is 13.3. The van der Waals surface area contributed by atoms with Crippen LogP contribution in [0.2, 0.25) is 0 Å². The van der Waals surface area contributed by atoms with Crippen LogP contribution < -0.4 is 4.74 Å². The van der Waals surface area contributed by atoms with Crippen LogP contribution in [0.4, 0.5) is 18.9 Å². The molecule has 8 nitrogen and oxygen atoms in total. The van der Waals surface area contributed by atoms with Gasteiger partial charge in [-0.3, -0.25) is 14.9 Å². The molecule has 1 saturated heterocycles. The van der Waals surface area contributed by atoms with E-state index in [-0.39, 0.29) is 17.3 Å². The fourth-order valence-corrected chi connectivity index (χ4v) is 3.74. The molecule has 11 heteroatoms. The highest BCUT2D eigenvalue weighted by molar-refractivity contribution is 6.10. The van der Waals surface area contributed by atoms with Gasteiger partial charge >= 0.3 is 6.36 Å². The number of ether oxygens (including phenoxy) is 1. The van der Waals surface area contributed by atoms with E-state index in [9.17, 15) is 28.1 Å². The number of halogens is 3. The summed E-state index contributed by atoms with van der Waals surface area (Å²) in [5.41, 5.74) is 1.41. The zero-order chi connectivity index (χ0) is 23.0. The van der Waals surface area contributed by atoms with E-state index in [1.54, 1.807) is 4.90 Å². The van der Waals surface area contributed by atoms with E-state index in [0.29, 0.717) is 48.2 Å². The zero-order valence-electron chi connectivity index (χ0n) is 17.0. The minimum atomic E-state index is -4.83. The number of H-pyrrole nitrogens is 1. The van der Waals surface area contributed by atoms with Crippen LogP contribution >= 0.6 is 0 Å². The normalized spacial score (nSPS) is 15.2. The molecule has 2 aromatic carbocycles. The van der Waals surface area contributed by atoms with E-state index in [1.165, 1.54) is 30.3 Å². The molecule has 1 aliphatic rings. The predicted octanol–water partition coefficient (Wildman–Crippen LogP) is 4.03. The number of nitrogens with zero attached hydrogens (tertiary/aromatic N) is 3. The van der Waals surface area contributed by atoms with Crippen LogP contribution in [0.15, 0.2) is 42.5 Å². The summed E-state index contributed by atoms with van der Waals surface area (Å²) in [6.07, 6.45) is -4.83. The third-order valence-corrected chi connectivity index (χ3v) is 5.37. The van der Waals surface area contributed by atoms with E-state index in [4.69, 9.17) is 0 Å². The van der Waals surface area contributed by atoms with Crippen molar-refractivity contribution in [1.29, 1.82) is 0 Å². The monoisotopic (exact) mass is 448 g/mol. The summed E-state index contributed by atoms with van der Waals surface area (Å²) in [7, 11) is 1.96. The van der Waals surface area contributed by atoms with Crippen molar-refractivity contribution in [2.24, 2.45) is 0 Å². The first-order valence-electron chi connectivity index (χ1n) is 9.76. The number of nitro benzene ring substituents is 1. The molecule has 0 aliphatic carbocycles. The number of fused-ring (bicyclic) bond motifs is 1. The summed E-state index contributed by atoms with van der Waals surface area (Å²) in [5, 5.41) is 11.7. The van der Waals surface area contributed by atoms with E-state index in [0.717, 1.165) is 12.1 Å². The number of aromatic amines is 1. The minimum absolute atomic E-state index is 0.159. The summed E-state index contributed by atoms with van der Waals surface area (Å²) < 4.78 is 41.4. The molecular formula is C21H19F3N4O4. The number of piperazine rings is 1. The van der Waals surface area contributed by atoms with Gasteiger partial charge in [0.25, 0.3) is 11.6 Å². The number of non-ortho nitro benzene ring substituents is 1. The molecule has 1 N–H and O–H groups in total. The number of carbonyl (C=O) groups excluding carboxylic acids is 1. The number of alkyl halides is 3. The SMILES string of the molecule is CN1CCN(C(=O)c2[nH]c3ccc([N+](=O)[O-])cc3c2-c2ccc(OC(F)(F)F)cc2)CC1. The standard InChI is InChI=1S/C21H19F3N4O4/c1-26-8-10-27(11-9-26)20(29)19-18(13-2-5-15(6-3-13)32-21(22,23)24)16-12-14(28(30)31)4-7-17(16)25-19/h2-7,12,25H,8-11H2,1H3. The second-order valence-electron chi connectivity index (χ2n) is 7.53. The van der Waals surface area contributed by atoms with Gasteiger partial charge in [0.1, 0.15) is 11.4 Å². The predicted molar refractivity (Wildman–Crippen MR) is 110 cm³/mol. The summed E-state index contributed by atoms with van der Waals surface area (Å²) in [6, 6.07) is 9.26. The Balaban J connectivity index is 1.81. The number of benzene rings is 2. The zero-order valence-corrected chi connectivity index (χ0v) is 17.0. The lowest BCUT2D eigenvalue weighted by molar-refractivity contribution is -0.384. The highest BCUT2D eigenvalue weighted by Gasteiger charge is 2.31. The van der Waals surface area contributed by atoms with Gasteiger partial charge in [-0.1, -0.05) is 12.1 Å². The number of aromatic nitrogens is 1. The van der Waals surface area contributed by atoms with Crippen molar-refractivity contribution in [3.05, 3.63) is 58.3 Å². The summed E-state index contributed by atoms with van der Waals surface area (Å²) >= 11 is 0. The minimum Gasteiger partial charge on any atom is -0.406 e. The molecule has 0 unspecified atom stereocenters. The summed E-state index contributed by atoms with van der Waals surface area (Å²) in [5.74, 6) is -0.679. The highest BCUT2D eigenvalue weighted by Crippen LogP contribution is 2.36. The molecule has 32 heavy (non-hydrogen) atoms. The molecule has 0 bridgehead atoms. The van der Waals surface area contributed by atoms with Crippen molar-refractivity contribution in [1.82, 2.24) is 14.8 Å². The third-order valence-electron chi connectivity index (χ3n) is 5.37. The van der Waals surface area contributed by atoms with Crippen molar-refractivity contribution in [3.63, 3.8) is 0 Å². The van der Waals surface area contributed by atoms with Crippen LogP contribution in [-0.4, -0.2) is 65.2 Å². The van der Waals surface area contributed by atoms with Crippen LogP contribution in [0.3, 0.4) is 0 Å². The van der Waals surface area contributed by atoms with Gasteiger partial charge in [-0.05, 0) is 30.8 Å². The largest absolute Gasteiger partial charge is 0.573 e. The van der Waals surface area contributed by atoms with Gasteiger partial charge in [-0.2, -0.15) is 0 Å². The molecule has 0 spiro atoms. The van der Waals surface area contributed by atoms with Crippen LogP contribution in [0.25, 0.3) is 22.0 Å². The lowest BCUT2D eigenvalue weighted by atomic mass is 10.0. The quantitative estimate of drug-likeness (QED) is 0.481. The summed E-state index contributed by atoms with van der Waals surface area (Å²) in [6.45, 7) is 2.44. The number of amides is 1. The number of hydrogen-bond donors (Lipinski definition) is 1. The Morgan fingerprint density at radius 3 is 2.34 bits per heavy atom. The maximum Gasteiger partial charge on any atom is 0.573 e. The first-order chi connectivity index (χ1) is 15.1. The molecule has 1 aliphatic heterocycles. The molecular weight excluding hydrogens is 429 g/mol. The maximum atomic E-state index is 13.3. The fraction of sp³-hybridized carbons (Fsp3) is 0.286. The van der Waals surface area contributed by atoms with E-state index in [1.807, 2.05) is 7.05 Å². The fourth-order valence-electron chi connectivity index (χ4n) is 3.74. The Morgan fingerprint density at radius 2 is 1.75 bits per heavy atom. The molecule has 0 atom stereocenters. The lowest BCUT2D eigenvalue weighted by Crippen LogP contribution is -2.47. The van der Waals surface area contributed by atoms with E-state index >= 15 is 0 Å². The number of likely N-dealkylation sites (N-methyl/N-ethyl adjacent to an activating group) is 1. The molecule has 1 amide bonds. The highest BCUT2D eigenvalue weighted by atomic mass is 19.4. The van der Waals surface area contributed by atoms with Crippen LogP contribution in [0, 0.1) is 10.1 Å². The van der Waals surface area contributed by atoms with Crippen LogP contribution in [-0.2, 0) is 0 Å². The van der Waals surface area contributed by atoms with E-state index < -0.39 is 17.0 Å². The Bertz CT molecular complexity index is 1170. The lowest BCUT2D eigenvalue weighted by Gasteiger charge is -2.32. The van der Waals surface area contributed by atoms with Gasteiger partial charge in [-0.25, -0.2) is 0 Å². The van der Waals surface area contributed by atoms with Gasteiger partial charge in [0, 0.05) is 54.8 Å². The van der Waals surface area contributed by atoms with E-state index in [2.05, 4.69) is 14.6 Å². The number of nitro groups is 1. The van der Waals surface area contributed by atoms with Gasteiger partial charge in [-0.15, -0.1) is 13.2 Å². The Labute approximate surface area is 180 Å². The number of carbonyl (C=O) groups is 1.